The zero-order chi connectivity index (χ0) is 11.0. The van der Waals surface area contributed by atoms with Crippen LogP contribution >= 0.6 is 11.6 Å². The summed E-state index contributed by atoms with van der Waals surface area (Å²) in [5.41, 5.74) is 4.60. The molecule has 0 fully saturated rings. The number of nitrogens with zero attached hydrogens (tertiary/aromatic N) is 2. The van der Waals surface area contributed by atoms with Crippen LogP contribution in [0.2, 0.25) is 5.02 Å². The fourth-order valence-electron chi connectivity index (χ4n) is 1.79. The lowest BCUT2D eigenvalue weighted by molar-refractivity contribution is 0.756. The van der Waals surface area contributed by atoms with Gasteiger partial charge in [-0.25, -0.2) is 0 Å². The molecule has 0 N–H and O–H groups in total. The number of aromatic nitrogens is 2. The van der Waals surface area contributed by atoms with Gasteiger partial charge >= 0.3 is 0 Å². The fourth-order valence-corrected chi connectivity index (χ4v) is 2.02. The predicted octanol–water partition coefficient (Wildman–Crippen LogP) is 3.36. The van der Waals surface area contributed by atoms with Crippen LogP contribution in [-0.4, -0.2) is 9.78 Å². The van der Waals surface area contributed by atoms with Crippen molar-refractivity contribution in [3.05, 3.63) is 40.7 Å². The van der Waals surface area contributed by atoms with Crippen molar-refractivity contribution >= 4 is 11.6 Å². The SMILES string of the molecule is Cc1cc(Cl)ccc1-c1cn(C)nc1C. The molecule has 0 spiro atoms. The fraction of sp³-hybridized carbons (Fsp3) is 0.250. The van der Waals surface area contributed by atoms with Gasteiger partial charge in [0.15, 0.2) is 0 Å². The van der Waals surface area contributed by atoms with Crippen molar-refractivity contribution in [1.29, 1.82) is 0 Å². The Morgan fingerprint density at radius 1 is 1.20 bits per heavy atom. The minimum atomic E-state index is 0.776. The van der Waals surface area contributed by atoms with Crippen molar-refractivity contribution in [2.75, 3.05) is 0 Å². The highest BCUT2D eigenvalue weighted by molar-refractivity contribution is 6.30. The van der Waals surface area contributed by atoms with E-state index in [1.54, 1.807) is 0 Å². The number of hydrogen-bond donors (Lipinski definition) is 0. The van der Waals surface area contributed by atoms with Crippen molar-refractivity contribution < 1.29 is 0 Å². The molecule has 0 radical (unpaired) electrons. The summed E-state index contributed by atoms with van der Waals surface area (Å²) in [6.07, 6.45) is 2.03. The summed E-state index contributed by atoms with van der Waals surface area (Å²) in [4.78, 5) is 0. The van der Waals surface area contributed by atoms with Crippen LogP contribution in [0.4, 0.5) is 0 Å². The third-order valence-corrected chi connectivity index (χ3v) is 2.73. The molecule has 1 aromatic carbocycles. The van der Waals surface area contributed by atoms with Crippen LogP contribution < -0.4 is 0 Å². The van der Waals surface area contributed by atoms with E-state index in [2.05, 4.69) is 12.0 Å². The Morgan fingerprint density at radius 3 is 2.47 bits per heavy atom. The van der Waals surface area contributed by atoms with Gasteiger partial charge in [-0.2, -0.15) is 5.10 Å². The summed E-state index contributed by atoms with van der Waals surface area (Å²) < 4.78 is 1.83. The second-order valence-electron chi connectivity index (χ2n) is 3.76. The monoisotopic (exact) mass is 220 g/mol. The second kappa shape index (κ2) is 3.70. The molecule has 2 nitrogen and oxygen atoms in total. The molecule has 0 atom stereocenters. The summed E-state index contributed by atoms with van der Waals surface area (Å²) in [6.45, 7) is 4.08. The van der Waals surface area contributed by atoms with Gasteiger partial charge in [-0.1, -0.05) is 17.7 Å². The molecule has 0 bridgehead atoms. The lowest BCUT2D eigenvalue weighted by Crippen LogP contribution is -1.86. The number of benzene rings is 1. The van der Waals surface area contributed by atoms with Gasteiger partial charge in [0.1, 0.15) is 0 Å². The van der Waals surface area contributed by atoms with E-state index in [4.69, 9.17) is 11.6 Å². The Labute approximate surface area is 94.5 Å². The molecule has 2 rings (SSSR count). The Hall–Kier alpha value is -1.28. The summed E-state index contributed by atoms with van der Waals surface area (Å²) >= 11 is 5.93. The number of rotatable bonds is 1. The van der Waals surface area contributed by atoms with E-state index in [1.807, 2.05) is 43.0 Å². The van der Waals surface area contributed by atoms with Crippen LogP contribution in [0.1, 0.15) is 11.3 Å². The minimum absolute atomic E-state index is 0.776. The average molecular weight is 221 g/mol. The Morgan fingerprint density at radius 2 is 1.93 bits per heavy atom. The van der Waals surface area contributed by atoms with E-state index in [1.165, 1.54) is 16.7 Å². The molecule has 1 aromatic heterocycles. The normalized spacial score (nSPS) is 10.7. The van der Waals surface area contributed by atoms with Crippen LogP contribution in [0, 0.1) is 13.8 Å². The van der Waals surface area contributed by atoms with E-state index in [0.717, 1.165) is 10.7 Å². The van der Waals surface area contributed by atoms with E-state index in [-0.39, 0.29) is 0 Å². The largest absolute Gasteiger partial charge is 0.275 e. The van der Waals surface area contributed by atoms with Gasteiger partial charge < -0.3 is 0 Å². The zero-order valence-corrected chi connectivity index (χ0v) is 9.84. The van der Waals surface area contributed by atoms with E-state index >= 15 is 0 Å². The van der Waals surface area contributed by atoms with Crippen LogP contribution in [0.5, 0.6) is 0 Å². The molecule has 78 valence electrons. The summed E-state index contributed by atoms with van der Waals surface area (Å²) in [7, 11) is 1.93. The Balaban J connectivity index is 2.59. The molecule has 0 aliphatic heterocycles. The summed E-state index contributed by atoms with van der Waals surface area (Å²) in [5, 5.41) is 5.11. The Bertz CT molecular complexity index is 500. The predicted molar refractivity (Wildman–Crippen MR) is 63.1 cm³/mol. The van der Waals surface area contributed by atoms with Crippen molar-refractivity contribution in [1.82, 2.24) is 9.78 Å². The highest BCUT2D eigenvalue weighted by Crippen LogP contribution is 2.27. The number of aryl methyl sites for hydroxylation is 3. The van der Waals surface area contributed by atoms with Crippen molar-refractivity contribution in [2.24, 2.45) is 7.05 Å². The molecular formula is C12H13ClN2. The maximum atomic E-state index is 5.93. The van der Waals surface area contributed by atoms with Gasteiger partial charge in [-0.15, -0.1) is 0 Å². The first-order valence-corrected chi connectivity index (χ1v) is 5.22. The van der Waals surface area contributed by atoms with Gasteiger partial charge in [0.2, 0.25) is 0 Å². The van der Waals surface area contributed by atoms with Crippen LogP contribution in [-0.2, 0) is 7.05 Å². The highest BCUT2D eigenvalue weighted by Gasteiger charge is 2.08. The van der Waals surface area contributed by atoms with Crippen molar-refractivity contribution in [2.45, 2.75) is 13.8 Å². The van der Waals surface area contributed by atoms with Gasteiger partial charge in [0.05, 0.1) is 5.69 Å². The molecule has 0 saturated heterocycles. The maximum Gasteiger partial charge on any atom is 0.0672 e. The zero-order valence-electron chi connectivity index (χ0n) is 9.08. The summed E-state index contributed by atoms with van der Waals surface area (Å²) in [6, 6.07) is 5.93. The summed E-state index contributed by atoms with van der Waals surface area (Å²) in [5.74, 6) is 0. The first-order valence-electron chi connectivity index (χ1n) is 4.84. The topological polar surface area (TPSA) is 17.8 Å². The van der Waals surface area contributed by atoms with Crippen LogP contribution in [0.15, 0.2) is 24.4 Å². The molecule has 2 aromatic rings. The molecular weight excluding hydrogens is 208 g/mol. The Kier molecular flexibility index (Phi) is 2.53. The highest BCUT2D eigenvalue weighted by atomic mass is 35.5. The molecule has 1 heterocycles. The van der Waals surface area contributed by atoms with Crippen LogP contribution in [0.25, 0.3) is 11.1 Å². The number of halogens is 1. The molecule has 15 heavy (non-hydrogen) atoms. The van der Waals surface area contributed by atoms with Gasteiger partial charge in [-0.05, 0) is 37.1 Å². The molecule has 0 unspecified atom stereocenters. The second-order valence-corrected chi connectivity index (χ2v) is 4.20. The lowest BCUT2D eigenvalue weighted by atomic mass is 10.0. The minimum Gasteiger partial charge on any atom is -0.275 e. The molecule has 0 aliphatic carbocycles. The lowest BCUT2D eigenvalue weighted by Gasteiger charge is -2.04. The van der Waals surface area contributed by atoms with E-state index in [0.29, 0.717) is 0 Å². The van der Waals surface area contributed by atoms with Gasteiger partial charge in [-0.3, -0.25) is 4.68 Å². The molecule has 0 aliphatic rings. The molecule has 3 heteroatoms. The average Bonchev–Trinajstić information content (AvgIpc) is 2.45. The molecule has 0 saturated carbocycles. The van der Waals surface area contributed by atoms with E-state index < -0.39 is 0 Å². The van der Waals surface area contributed by atoms with Gasteiger partial charge in [0, 0.05) is 23.8 Å². The first kappa shape index (κ1) is 10.2. The number of hydrogen-bond acceptors (Lipinski definition) is 1. The third kappa shape index (κ3) is 1.90. The quantitative estimate of drug-likeness (QED) is 0.721. The van der Waals surface area contributed by atoms with Crippen molar-refractivity contribution in [3.63, 3.8) is 0 Å². The van der Waals surface area contributed by atoms with E-state index in [9.17, 15) is 0 Å². The molecule has 0 amide bonds. The first-order chi connectivity index (χ1) is 7.08. The standard InChI is InChI=1S/C12H13ClN2/c1-8-6-10(13)4-5-11(8)12-7-15(3)14-9(12)2/h4-7H,1-3H3. The van der Waals surface area contributed by atoms with Gasteiger partial charge in [0.25, 0.3) is 0 Å². The smallest absolute Gasteiger partial charge is 0.0672 e. The van der Waals surface area contributed by atoms with Crippen molar-refractivity contribution in [3.8, 4) is 11.1 Å². The van der Waals surface area contributed by atoms with Crippen LogP contribution in [0.3, 0.4) is 0 Å². The maximum absolute atomic E-state index is 5.93. The third-order valence-electron chi connectivity index (χ3n) is 2.49.